The van der Waals surface area contributed by atoms with Gasteiger partial charge in [-0.15, -0.1) is 0 Å². The van der Waals surface area contributed by atoms with Crippen LogP contribution < -0.4 is 5.32 Å². The van der Waals surface area contributed by atoms with Crippen molar-refractivity contribution in [2.24, 2.45) is 0 Å². The van der Waals surface area contributed by atoms with E-state index >= 15 is 0 Å². The Balaban J connectivity index is 1.99. The SMILES string of the molecule is CC1(C)CC(NCC(CCO)c2ccccc2)C(C)(C)O1. The van der Waals surface area contributed by atoms with Gasteiger partial charge in [-0.05, 0) is 52.0 Å². The molecule has 1 aliphatic heterocycles. The van der Waals surface area contributed by atoms with Gasteiger partial charge in [-0.3, -0.25) is 0 Å². The van der Waals surface area contributed by atoms with E-state index in [0.717, 1.165) is 19.4 Å². The Kier molecular flexibility index (Phi) is 5.07. The first-order valence-electron chi connectivity index (χ1n) is 7.93. The van der Waals surface area contributed by atoms with Crippen molar-refractivity contribution in [1.29, 1.82) is 0 Å². The number of hydrogen-bond donors (Lipinski definition) is 2. The normalized spacial score (nSPS) is 24.9. The van der Waals surface area contributed by atoms with Gasteiger partial charge in [-0.2, -0.15) is 0 Å². The maximum atomic E-state index is 9.32. The molecule has 0 bridgehead atoms. The van der Waals surface area contributed by atoms with Crippen LogP contribution in [0.2, 0.25) is 0 Å². The van der Waals surface area contributed by atoms with Crippen LogP contribution in [0.4, 0.5) is 0 Å². The lowest BCUT2D eigenvalue weighted by atomic mass is 9.92. The van der Waals surface area contributed by atoms with Crippen LogP contribution in [0.15, 0.2) is 30.3 Å². The van der Waals surface area contributed by atoms with Crippen LogP contribution in [0.25, 0.3) is 0 Å². The number of aliphatic hydroxyl groups excluding tert-OH is 1. The van der Waals surface area contributed by atoms with Gasteiger partial charge in [0.1, 0.15) is 0 Å². The molecule has 1 aromatic carbocycles. The van der Waals surface area contributed by atoms with Crippen molar-refractivity contribution in [3.8, 4) is 0 Å². The van der Waals surface area contributed by atoms with Crippen LogP contribution in [-0.4, -0.2) is 35.5 Å². The lowest BCUT2D eigenvalue weighted by molar-refractivity contribution is -0.0698. The van der Waals surface area contributed by atoms with Gasteiger partial charge in [-0.1, -0.05) is 30.3 Å². The Labute approximate surface area is 128 Å². The molecule has 0 radical (unpaired) electrons. The molecule has 0 amide bonds. The summed E-state index contributed by atoms with van der Waals surface area (Å²) in [6.07, 6.45) is 1.80. The van der Waals surface area contributed by atoms with E-state index in [2.05, 4.69) is 57.3 Å². The van der Waals surface area contributed by atoms with Crippen molar-refractivity contribution in [3.63, 3.8) is 0 Å². The fourth-order valence-corrected chi connectivity index (χ4v) is 3.43. The van der Waals surface area contributed by atoms with Crippen LogP contribution in [0.5, 0.6) is 0 Å². The van der Waals surface area contributed by atoms with E-state index in [-0.39, 0.29) is 17.8 Å². The molecule has 2 rings (SSSR count). The highest BCUT2D eigenvalue weighted by Gasteiger charge is 2.45. The average molecular weight is 291 g/mol. The highest BCUT2D eigenvalue weighted by Crippen LogP contribution is 2.37. The molecule has 2 atom stereocenters. The minimum absolute atomic E-state index is 0.0691. The quantitative estimate of drug-likeness (QED) is 0.846. The number of benzene rings is 1. The minimum Gasteiger partial charge on any atom is -0.396 e. The summed E-state index contributed by atoms with van der Waals surface area (Å²) in [6.45, 7) is 9.71. The first-order valence-corrected chi connectivity index (χ1v) is 7.93. The third-order valence-electron chi connectivity index (χ3n) is 4.43. The molecule has 0 spiro atoms. The maximum absolute atomic E-state index is 9.32. The lowest BCUT2D eigenvalue weighted by Crippen LogP contribution is -2.44. The number of ether oxygens (including phenoxy) is 1. The summed E-state index contributed by atoms with van der Waals surface area (Å²) < 4.78 is 6.13. The van der Waals surface area contributed by atoms with Crippen LogP contribution in [0, 0.1) is 0 Å². The molecular weight excluding hydrogens is 262 g/mol. The largest absolute Gasteiger partial charge is 0.396 e. The van der Waals surface area contributed by atoms with E-state index in [1.807, 2.05) is 6.07 Å². The molecule has 0 aromatic heterocycles. The number of rotatable bonds is 6. The van der Waals surface area contributed by atoms with E-state index in [0.29, 0.717) is 12.0 Å². The average Bonchev–Trinajstić information content (AvgIpc) is 2.63. The van der Waals surface area contributed by atoms with Crippen molar-refractivity contribution in [1.82, 2.24) is 5.32 Å². The standard InChI is InChI=1S/C18H29NO2/c1-17(2)12-16(18(3,4)21-17)19-13-15(10-11-20)14-8-6-5-7-9-14/h5-9,15-16,19-20H,10-13H2,1-4H3. The fourth-order valence-electron chi connectivity index (χ4n) is 3.43. The molecule has 0 aliphatic carbocycles. The number of aliphatic hydroxyl groups is 1. The third kappa shape index (κ3) is 4.29. The summed E-state index contributed by atoms with van der Waals surface area (Å²) in [5.74, 6) is 0.343. The van der Waals surface area contributed by atoms with E-state index in [1.54, 1.807) is 0 Å². The van der Waals surface area contributed by atoms with Gasteiger partial charge in [0, 0.05) is 19.2 Å². The Morgan fingerprint density at radius 2 is 1.90 bits per heavy atom. The van der Waals surface area contributed by atoms with Crippen molar-refractivity contribution < 1.29 is 9.84 Å². The summed E-state index contributed by atoms with van der Waals surface area (Å²) in [6, 6.07) is 10.8. The van der Waals surface area contributed by atoms with Gasteiger partial charge in [-0.25, -0.2) is 0 Å². The highest BCUT2D eigenvalue weighted by atomic mass is 16.5. The molecule has 1 aliphatic rings. The Morgan fingerprint density at radius 3 is 2.43 bits per heavy atom. The summed E-state index contributed by atoms with van der Waals surface area (Å²) in [7, 11) is 0. The highest BCUT2D eigenvalue weighted by molar-refractivity contribution is 5.20. The maximum Gasteiger partial charge on any atom is 0.0787 e. The van der Waals surface area contributed by atoms with Gasteiger partial charge in [0.15, 0.2) is 0 Å². The monoisotopic (exact) mass is 291 g/mol. The predicted octanol–water partition coefficient (Wildman–Crippen LogP) is 3.09. The summed E-state index contributed by atoms with van der Waals surface area (Å²) in [5.41, 5.74) is 1.07. The fraction of sp³-hybridized carbons (Fsp3) is 0.667. The molecule has 1 saturated heterocycles. The molecular formula is C18H29NO2. The van der Waals surface area contributed by atoms with Crippen LogP contribution in [-0.2, 0) is 4.74 Å². The summed E-state index contributed by atoms with van der Waals surface area (Å²) in [5, 5.41) is 13.0. The van der Waals surface area contributed by atoms with Crippen molar-refractivity contribution in [2.45, 2.75) is 63.7 Å². The van der Waals surface area contributed by atoms with Crippen molar-refractivity contribution >= 4 is 0 Å². The molecule has 21 heavy (non-hydrogen) atoms. The Bertz CT molecular complexity index is 442. The molecule has 3 heteroatoms. The topological polar surface area (TPSA) is 41.5 Å². The second-order valence-corrected chi connectivity index (χ2v) is 7.25. The molecule has 3 nitrogen and oxygen atoms in total. The third-order valence-corrected chi connectivity index (χ3v) is 4.43. The molecule has 1 aromatic rings. The summed E-state index contributed by atoms with van der Waals surface area (Å²) >= 11 is 0. The van der Waals surface area contributed by atoms with Crippen LogP contribution in [0.3, 0.4) is 0 Å². The van der Waals surface area contributed by atoms with Gasteiger partial charge in [0.05, 0.1) is 11.2 Å². The number of hydrogen-bond acceptors (Lipinski definition) is 3. The van der Waals surface area contributed by atoms with Gasteiger partial charge >= 0.3 is 0 Å². The molecule has 1 heterocycles. The van der Waals surface area contributed by atoms with Crippen LogP contribution in [0.1, 0.15) is 52.0 Å². The van der Waals surface area contributed by atoms with E-state index < -0.39 is 0 Å². The molecule has 2 N–H and O–H groups in total. The first-order chi connectivity index (χ1) is 9.84. The zero-order chi connectivity index (χ0) is 15.5. The Morgan fingerprint density at radius 1 is 1.24 bits per heavy atom. The first kappa shape index (κ1) is 16.5. The summed E-state index contributed by atoms with van der Waals surface area (Å²) in [4.78, 5) is 0. The van der Waals surface area contributed by atoms with Crippen molar-refractivity contribution in [2.75, 3.05) is 13.2 Å². The molecule has 1 fully saturated rings. The van der Waals surface area contributed by atoms with Gasteiger partial charge < -0.3 is 15.2 Å². The van der Waals surface area contributed by atoms with Gasteiger partial charge in [0.2, 0.25) is 0 Å². The van der Waals surface area contributed by atoms with E-state index in [1.165, 1.54) is 5.56 Å². The van der Waals surface area contributed by atoms with E-state index in [9.17, 15) is 5.11 Å². The van der Waals surface area contributed by atoms with Crippen LogP contribution >= 0.6 is 0 Å². The Hall–Kier alpha value is -0.900. The zero-order valence-electron chi connectivity index (χ0n) is 13.7. The zero-order valence-corrected chi connectivity index (χ0v) is 13.7. The molecule has 118 valence electrons. The second kappa shape index (κ2) is 6.47. The molecule has 0 saturated carbocycles. The van der Waals surface area contributed by atoms with Gasteiger partial charge in [0.25, 0.3) is 0 Å². The number of nitrogens with one attached hydrogen (secondary N) is 1. The smallest absolute Gasteiger partial charge is 0.0787 e. The lowest BCUT2D eigenvalue weighted by Gasteiger charge is -2.29. The second-order valence-electron chi connectivity index (χ2n) is 7.25. The predicted molar refractivity (Wildman–Crippen MR) is 86.5 cm³/mol. The minimum atomic E-state index is -0.149. The molecule has 2 unspecified atom stereocenters. The van der Waals surface area contributed by atoms with Crippen molar-refractivity contribution in [3.05, 3.63) is 35.9 Å². The van der Waals surface area contributed by atoms with E-state index in [4.69, 9.17) is 4.74 Å².